The van der Waals surface area contributed by atoms with Crippen LogP contribution in [0.25, 0.3) is 0 Å². The standard InChI is InChI=1S/C13H16Br2FNO/c1-9(2)17(7-3-6-14)13(18)11-8-10(15)4-5-12(11)16/h4-5,8-9H,3,6-7H2,1-2H3. The van der Waals surface area contributed by atoms with E-state index in [1.807, 2.05) is 13.8 Å². The molecule has 0 fully saturated rings. The second-order valence-corrected chi connectivity index (χ2v) is 5.97. The number of amides is 1. The van der Waals surface area contributed by atoms with E-state index in [-0.39, 0.29) is 17.5 Å². The molecule has 0 atom stereocenters. The summed E-state index contributed by atoms with van der Waals surface area (Å²) in [7, 11) is 0. The van der Waals surface area contributed by atoms with Crippen molar-refractivity contribution in [1.82, 2.24) is 4.90 Å². The quantitative estimate of drug-likeness (QED) is 0.700. The van der Waals surface area contributed by atoms with Crippen molar-refractivity contribution in [1.29, 1.82) is 0 Å². The Balaban J connectivity index is 2.98. The van der Waals surface area contributed by atoms with E-state index in [2.05, 4.69) is 31.9 Å². The van der Waals surface area contributed by atoms with E-state index >= 15 is 0 Å². The van der Waals surface area contributed by atoms with E-state index in [4.69, 9.17) is 0 Å². The molecule has 0 saturated heterocycles. The van der Waals surface area contributed by atoms with Gasteiger partial charge in [-0.3, -0.25) is 4.79 Å². The zero-order valence-corrected chi connectivity index (χ0v) is 13.6. The van der Waals surface area contributed by atoms with Crippen LogP contribution in [0.3, 0.4) is 0 Å². The molecule has 1 amide bonds. The second kappa shape index (κ2) is 7.24. The minimum Gasteiger partial charge on any atom is -0.336 e. The second-order valence-electron chi connectivity index (χ2n) is 4.26. The third-order valence-corrected chi connectivity index (χ3v) is 3.63. The number of hydrogen-bond acceptors (Lipinski definition) is 1. The van der Waals surface area contributed by atoms with Gasteiger partial charge in [0.15, 0.2) is 0 Å². The van der Waals surface area contributed by atoms with Crippen LogP contribution in [-0.4, -0.2) is 28.7 Å². The van der Waals surface area contributed by atoms with Crippen LogP contribution < -0.4 is 0 Å². The van der Waals surface area contributed by atoms with E-state index in [1.165, 1.54) is 12.1 Å². The molecule has 1 aromatic carbocycles. The van der Waals surface area contributed by atoms with Gasteiger partial charge in [0.1, 0.15) is 5.82 Å². The number of alkyl halides is 1. The molecule has 0 aromatic heterocycles. The smallest absolute Gasteiger partial charge is 0.257 e. The van der Waals surface area contributed by atoms with Gasteiger partial charge >= 0.3 is 0 Å². The fourth-order valence-electron chi connectivity index (χ4n) is 1.64. The predicted molar refractivity (Wildman–Crippen MR) is 78.7 cm³/mol. The first-order valence-corrected chi connectivity index (χ1v) is 7.70. The van der Waals surface area contributed by atoms with E-state index in [1.54, 1.807) is 11.0 Å². The van der Waals surface area contributed by atoms with E-state index in [0.717, 1.165) is 11.8 Å². The molecule has 0 aliphatic heterocycles. The zero-order chi connectivity index (χ0) is 13.7. The van der Waals surface area contributed by atoms with Crippen LogP contribution in [-0.2, 0) is 0 Å². The van der Waals surface area contributed by atoms with Crippen LogP contribution in [0.5, 0.6) is 0 Å². The van der Waals surface area contributed by atoms with Gasteiger partial charge in [0.25, 0.3) is 5.91 Å². The summed E-state index contributed by atoms with van der Waals surface area (Å²) >= 11 is 6.60. The number of hydrogen-bond donors (Lipinski definition) is 0. The third kappa shape index (κ3) is 4.05. The average molecular weight is 381 g/mol. The van der Waals surface area contributed by atoms with Gasteiger partial charge in [-0.25, -0.2) is 4.39 Å². The van der Waals surface area contributed by atoms with Crippen LogP contribution in [0, 0.1) is 5.82 Å². The highest BCUT2D eigenvalue weighted by atomic mass is 79.9. The minimum atomic E-state index is -0.479. The first-order chi connectivity index (χ1) is 8.47. The maximum atomic E-state index is 13.7. The first kappa shape index (κ1) is 15.6. The van der Waals surface area contributed by atoms with Crippen molar-refractivity contribution < 1.29 is 9.18 Å². The Hall–Kier alpha value is -0.420. The average Bonchev–Trinajstić information content (AvgIpc) is 2.32. The number of rotatable bonds is 5. The Bertz CT molecular complexity index is 423. The van der Waals surface area contributed by atoms with Crippen molar-refractivity contribution >= 4 is 37.8 Å². The molecule has 0 radical (unpaired) electrons. The van der Waals surface area contributed by atoms with E-state index < -0.39 is 5.82 Å². The maximum absolute atomic E-state index is 13.7. The van der Waals surface area contributed by atoms with Gasteiger partial charge in [-0.05, 0) is 38.5 Å². The molecule has 0 N–H and O–H groups in total. The Kier molecular flexibility index (Phi) is 6.29. The zero-order valence-electron chi connectivity index (χ0n) is 10.4. The minimum absolute atomic E-state index is 0.0509. The molecule has 100 valence electrons. The molecule has 0 heterocycles. The molecule has 1 aromatic rings. The first-order valence-electron chi connectivity index (χ1n) is 5.79. The highest BCUT2D eigenvalue weighted by Crippen LogP contribution is 2.18. The van der Waals surface area contributed by atoms with Gasteiger partial charge in [-0.2, -0.15) is 0 Å². The normalized spacial score (nSPS) is 10.8. The number of nitrogens with zero attached hydrogens (tertiary/aromatic N) is 1. The fraction of sp³-hybridized carbons (Fsp3) is 0.462. The van der Waals surface area contributed by atoms with Crippen LogP contribution in [0.15, 0.2) is 22.7 Å². The Labute approximate surface area is 124 Å². The summed E-state index contributed by atoms with van der Waals surface area (Å²) in [5.74, 6) is -0.738. The van der Waals surface area contributed by atoms with Gasteiger partial charge in [0.2, 0.25) is 0 Å². The van der Waals surface area contributed by atoms with Crippen molar-refractivity contribution in [3.05, 3.63) is 34.1 Å². The topological polar surface area (TPSA) is 20.3 Å². The monoisotopic (exact) mass is 379 g/mol. The summed E-state index contributed by atoms with van der Waals surface area (Å²) < 4.78 is 14.4. The van der Waals surface area contributed by atoms with Crippen molar-refractivity contribution in [2.45, 2.75) is 26.3 Å². The predicted octanol–water partition coefficient (Wildman–Crippen LogP) is 4.22. The maximum Gasteiger partial charge on any atom is 0.257 e. The molecule has 0 aliphatic carbocycles. The summed E-state index contributed by atoms with van der Waals surface area (Å²) in [5.41, 5.74) is 0.118. The largest absolute Gasteiger partial charge is 0.336 e. The molecule has 0 unspecified atom stereocenters. The molecule has 5 heteroatoms. The Morgan fingerprint density at radius 3 is 2.67 bits per heavy atom. The lowest BCUT2D eigenvalue weighted by Gasteiger charge is -2.26. The van der Waals surface area contributed by atoms with Crippen molar-refractivity contribution in [2.75, 3.05) is 11.9 Å². The van der Waals surface area contributed by atoms with Crippen LogP contribution in [0.4, 0.5) is 4.39 Å². The van der Waals surface area contributed by atoms with Crippen molar-refractivity contribution in [2.24, 2.45) is 0 Å². The van der Waals surface area contributed by atoms with Crippen LogP contribution >= 0.6 is 31.9 Å². The lowest BCUT2D eigenvalue weighted by atomic mass is 10.1. The highest BCUT2D eigenvalue weighted by molar-refractivity contribution is 9.10. The fourth-order valence-corrected chi connectivity index (χ4v) is 2.25. The summed E-state index contributed by atoms with van der Waals surface area (Å²) in [6, 6.07) is 4.47. The summed E-state index contributed by atoms with van der Waals surface area (Å²) in [4.78, 5) is 14.0. The van der Waals surface area contributed by atoms with Crippen LogP contribution in [0.2, 0.25) is 0 Å². The summed E-state index contributed by atoms with van der Waals surface area (Å²) in [6.45, 7) is 4.48. The van der Waals surface area contributed by atoms with Gasteiger partial charge in [0.05, 0.1) is 5.56 Å². The van der Waals surface area contributed by atoms with Gasteiger partial charge in [-0.1, -0.05) is 31.9 Å². The Morgan fingerprint density at radius 2 is 2.11 bits per heavy atom. The molecule has 0 bridgehead atoms. The molecule has 0 saturated carbocycles. The van der Waals surface area contributed by atoms with E-state index in [9.17, 15) is 9.18 Å². The number of carbonyl (C=O) groups is 1. The lowest BCUT2D eigenvalue weighted by Crippen LogP contribution is -2.38. The van der Waals surface area contributed by atoms with Gasteiger partial charge in [0, 0.05) is 22.4 Å². The van der Waals surface area contributed by atoms with Crippen molar-refractivity contribution in [3.63, 3.8) is 0 Å². The SMILES string of the molecule is CC(C)N(CCCBr)C(=O)c1cc(Br)ccc1F. The molecule has 0 spiro atoms. The molecule has 2 nitrogen and oxygen atoms in total. The highest BCUT2D eigenvalue weighted by Gasteiger charge is 2.21. The van der Waals surface area contributed by atoms with Gasteiger partial charge < -0.3 is 4.90 Å². The Morgan fingerprint density at radius 1 is 1.44 bits per heavy atom. The molecular formula is C13H16Br2FNO. The van der Waals surface area contributed by atoms with E-state index in [0.29, 0.717) is 11.0 Å². The molecule has 1 rings (SSSR count). The van der Waals surface area contributed by atoms with Crippen LogP contribution in [0.1, 0.15) is 30.6 Å². The molecular weight excluding hydrogens is 365 g/mol. The van der Waals surface area contributed by atoms with Crippen molar-refractivity contribution in [3.8, 4) is 0 Å². The molecule has 0 aliphatic rings. The third-order valence-electron chi connectivity index (χ3n) is 2.58. The summed E-state index contributed by atoms with van der Waals surface area (Å²) in [6.07, 6.45) is 0.847. The number of benzene rings is 1. The number of halogens is 3. The number of carbonyl (C=O) groups excluding carboxylic acids is 1. The van der Waals surface area contributed by atoms with Gasteiger partial charge in [-0.15, -0.1) is 0 Å². The lowest BCUT2D eigenvalue weighted by molar-refractivity contribution is 0.0702. The summed E-state index contributed by atoms with van der Waals surface area (Å²) in [5, 5.41) is 0.824. The molecule has 18 heavy (non-hydrogen) atoms.